The summed E-state index contributed by atoms with van der Waals surface area (Å²) in [5.41, 5.74) is 0. The molecular formula is C13H21NO3. The van der Waals surface area contributed by atoms with Crippen molar-refractivity contribution in [3.05, 3.63) is 0 Å². The molecule has 4 heteroatoms. The first kappa shape index (κ1) is 12.4. The molecule has 2 aliphatic heterocycles. The standard InChI is InChI=1S/C13H21NO3/c1-3-4-8(2)12(15)14-9-5-6-11(14)10(7-9)13(16)17/h8-11H,3-7H2,1-2H3,(H,16,17). The van der Waals surface area contributed by atoms with Crippen LogP contribution in [-0.4, -0.2) is 34.0 Å². The molecule has 2 aliphatic rings. The van der Waals surface area contributed by atoms with Gasteiger partial charge in [0.1, 0.15) is 0 Å². The topological polar surface area (TPSA) is 57.6 Å². The van der Waals surface area contributed by atoms with Gasteiger partial charge in [0.2, 0.25) is 5.91 Å². The van der Waals surface area contributed by atoms with E-state index in [9.17, 15) is 9.59 Å². The lowest BCUT2D eigenvalue weighted by Crippen LogP contribution is -2.40. The van der Waals surface area contributed by atoms with Crippen LogP contribution in [0.5, 0.6) is 0 Å². The van der Waals surface area contributed by atoms with Crippen molar-refractivity contribution in [3.8, 4) is 0 Å². The van der Waals surface area contributed by atoms with E-state index in [0.717, 1.165) is 25.7 Å². The third-order valence-electron chi connectivity index (χ3n) is 4.25. The molecule has 2 fully saturated rings. The molecule has 0 saturated carbocycles. The molecule has 2 bridgehead atoms. The van der Waals surface area contributed by atoms with Gasteiger partial charge in [-0.25, -0.2) is 0 Å². The summed E-state index contributed by atoms with van der Waals surface area (Å²) in [6.45, 7) is 4.03. The van der Waals surface area contributed by atoms with Gasteiger partial charge in [0.05, 0.1) is 5.92 Å². The molecule has 0 radical (unpaired) electrons. The second-order valence-corrected chi connectivity index (χ2v) is 5.41. The zero-order chi connectivity index (χ0) is 12.6. The Kier molecular flexibility index (Phi) is 3.40. The Balaban J connectivity index is 2.08. The number of rotatable bonds is 4. The second-order valence-electron chi connectivity index (χ2n) is 5.41. The molecule has 0 aromatic carbocycles. The maximum atomic E-state index is 12.3. The van der Waals surface area contributed by atoms with Gasteiger partial charge in [-0.05, 0) is 25.7 Å². The fraction of sp³-hybridized carbons (Fsp3) is 0.846. The number of carbonyl (C=O) groups excluding carboxylic acids is 1. The van der Waals surface area contributed by atoms with Gasteiger partial charge >= 0.3 is 5.97 Å². The Morgan fingerprint density at radius 3 is 2.65 bits per heavy atom. The summed E-state index contributed by atoms with van der Waals surface area (Å²) in [5, 5.41) is 9.14. The zero-order valence-electron chi connectivity index (χ0n) is 10.6. The smallest absolute Gasteiger partial charge is 0.308 e. The number of carbonyl (C=O) groups is 2. The van der Waals surface area contributed by atoms with Crippen LogP contribution < -0.4 is 0 Å². The predicted molar refractivity (Wildman–Crippen MR) is 63.5 cm³/mol. The zero-order valence-corrected chi connectivity index (χ0v) is 10.6. The molecule has 4 atom stereocenters. The highest BCUT2D eigenvalue weighted by atomic mass is 16.4. The monoisotopic (exact) mass is 239 g/mol. The highest BCUT2D eigenvalue weighted by Crippen LogP contribution is 2.42. The van der Waals surface area contributed by atoms with Crippen molar-refractivity contribution in [2.24, 2.45) is 11.8 Å². The number of amides is 1. The summed E-state index contributed by atoms with van der Waals surface area (Å²) < 4.78 is 0. The van der Waals surface area contributed by atoms with E-state index >= 15 is 0 Å². The number of carboxylic acid groups (broad SMARTS) is 1. The van der Waals surface area contributed by atoms with E-state index in [2.05, 4.69) is 6.92 Å². The van der Waals surface area contributed by atoms with E-state index in [4.69, 9.17) is 5.11 Å². The maximum absolute atomic E-state index is 12.3. The van der Waals surface area contributed by atoms with Gasteiger partial charge in [-0.1, -0.05) is 20.3 Å². The van der Waals surface area contributed by atoms with Crippen LogP contribution in [0.15, 0.2) is 0 Å². The molecule has 96 valence electrons. The van der Waals surface area contributed by atoms with Crippen molar-refractivity contribution in [2.75, 3.05) is 0 Å². The number of carboxylic acids is 1. The van der Waals surface area contributed by atoms with Crippen LogP contribution in [0.1, 0.15) is 46.0 Å². The van der Waals surface area contributed by atoms with Crippen LogP contribution in [0.4, 0.5) is 0 Å². The minimum atomic E-state index is -0.738. The van der Waals surface area contributed by atoms with Crippen LogP contribution in [-0.2, 0) is 9.59 Å². The second kappa shape index (κ2) is 4.67. The molecule has 0 aliphatic carbocycles. The van der Waals surface area contributed by atoms with E-state index in [1.807, 2.05) is 11.8 Å². The Bertz CT molecular complexity index is 329. The first-order valence-electron chi connectivity index (χ1n) is 6.61. The maximum Gasteiger partial charge on any atom is 0.308 e. The fourth-order valence-electron chi connectivity index (χ4n) is 3.41. The number of hydrogen-bond donors (Lipinski definition) is 1. The fourth-order valence-corrected chi connectivity index (χ4v) is 3.41. The number of aliphatic carboxylic acids is 1. The SMILES string of the molecule is CCCC(C)C(=O)N1C2CCC1C(C(=O)O)C2. The minimum Gasteiger partial charge on any atom is -0.481 e. The van der Waals surface area contributed by atoms with Crippen LogP contribution in [0.3, 0.4) is 0 Å². The first-order chi connectivity index (χ1) is 8.06. The Labute approximate surface area is 102 Å². The number of hydrogen-bond acceptors (Lipinski definition) is 2. The molecule has 2 heterocycles. The van der Waals surface area contributed by atoms with E-state index in [-0.39, 0.29) is 29.8 Å². The number of fused-ring (bicyclic) bond motifs is 2. The minimum absolute atomic E-state index is 0.0376. The van der Waals surface area contributed by atoms with E-state index in [1.54, 1.807) is 0 Å². The molecule has 2 rings (SSSR count). The summed E-state index contributed by atoms with van der Waals surface area (Å²) in [7, 11) is 0. The van der Waals surface area contributed by atoms with Crippen LogP contribution in [0.2, 0.25) is 0 Å². The van der Waals surface area contributed by atoms with Gasteiger partial charge in [0, 0.05) is 18.0 Å². The average molecular weight is 239 g/mol. The van der Waals surface area contributed by atoms with Crippen molar-refractivity contribution in [1.82, 2.24) is 4.90 Å². The lowest BCUT2D eigenvalue weighted by Gasteiger charge is -2.26. The summed E-state index contributed by atoms with van der Waals surface area (Å²) in [6, 6.07) is 0.150. The summed E-state index contributed by atoms with van der Waals surface area (Å²) >= 11 is 0. The molecule has 0 aromatic rings. The lowest BCUT2D eigenvalue weighted by molar-refractivity contribution is -0.143. The van der Waals surface area contributed by atoms with Crippen molar-refractivity contribution < 1.29 is 14.7 Å². The normalized spacial score (nSPS) is 32.8. The third-order valence-corrected chi connectivity index (χ3v) is 4.25. The van der Waals surface area contributed by atoms with E-state index < -0.39 is 5.97 Å². The predicted octanol–water partition coefficient (Wildman–Crippen LogP) is 1.89. The highest BCUT2D eigenvalue weighted by Gasteiger charge is 2.51. The van der Waals surface area contributed by atoms with Gasteiger partial charge in [-0.3, -0.25) is 9.59 Å². The average Bonchev–Trinajstić information content (AvgIpc) is 2.85. The molecule has 1 amide bonds. The molecule has 1 N–H and O–H groups in total. The molecule has 4 unspecified atom stereocenters. The molecule has 2 saturated heterocycles. The molecular weight excluding hydrogens is 218 g/mol. The Hall–Kier alpha value is -1.06. The molecule has 0 spiro atoms. The van der Waals surface area contributed by atoms with Crippen LogP contribution >= 0.6 is 0 Å². The van der Waals surface area contributed by atoms with Crippen molar-refractivity contribution in [2.45, 2.75) is 58.0 Å². The Morgan fingerprint density at radius 1 is 1.41 bits per heavy atom. The van der Waals surface area contributed by atoms with Gasteiger partial charge in [-0.2, -0.15) is 0 Å². The van der Waals surface area contributed by atoms with E-state index in [1.165, 1.54) is 0 Å². The summed E-state index contributed by atoms with van der Waals surface area (Å²) in [5.74, 6) is -0.858. The van der Waals surface area contributed by atoms with Crippen LogP contribution in [0.25, 0.3) is 0 Å². The number of nitrogens with zero attached hydrogens (tertiary/aromatic N) is 1. The van der Waals surface area contributed by atoms with E-state index in [0.29, 0.717) is 6.42 Å². The Morgan fingerprint density at radius 2 is 2.12 bits per heavy atom. The molecule has 17 heavy (non-hydrogen) atoms. The lowest BCUT2D eigenvalue weighted by atomic mass is 9.89. The largest absolute Gasteiger partial charge is 0.481 e. The van der Waals surface area contributed by atoms with Crippen molar-refractivity contribution >= 4 is 11.9 Å². The first-order valence-corrected chi connectivity index (χ1v) is 6.61. The summed E-state index contributed by atoms with van der Waals surface area (Å²) in [4.78, 5) is 25.3. The molecule has 4 nitrogen and oxygen atoms in total. The molecule has 0 aromatic heterocycles. The van der Waals surface area contributed by atoms with Gasteiger partial charge in [0.25, 0.3) is 0 Å². The van der Waals surface area contributed by atoms with Crippen LogP contribution in [0, 0.1) is 11.8 Å². The third kappa shape index (κ3) is 2.05. The van der Waals surface area contributed by atoms with Crippen molar-refractivity contribution in [3.63, 3.8) is 0 Å². The summed E-state index contributed by atoms with van der Waals surface area (Å²) in [6.07, 6.45) is 4.40. The van der Waals surface area contributed by atoms with Crippen molar-refractivity contribution in [1.29, 1.82) is 0 Å². The quantitative estimate of drug-likeness (QED) is 0.815. The van der Waals surface area contributed by atoms with Gasteiger partial charge in [-0.15, -0.1) is 0 Å². The van der Waals surface area contributed by atoms with Gasteiger partial charge < -0.3 is 10.0 Å². The van der Waals surface area contributed by atoms with Gasteiger partial charge in [0.15, 0.2) is 0 Å². The highest BCUT2D eigenvalue weighted by molar-refractivity contribution is 5.82.